The van der Waals surface area contributed by atoms with E-state index in [0.29, 0.717) is 0 Å². The summed E-state index contributed by atoms with van der Waals surface area (Å²) >= 11 is 0. The average molecular weight is 206 g/mol. The van der Waals surface area contributed by atoms with Gasteiger partial charge in [-0.05, 0) is 6.07 Å². The van der Waals surface area contributed by atoms with Crippen molar-refractivity contribution in [2.75, 3.05) is 0 Å². The molecule has 0 saturated carbocycles. The first kappa shape index (κ1) is 9.13. The molecule has 0 atom stereocenters. The minimum atomic E-state index is -0.800. The van der Waals surface area contributed by atoms with Crippen LogP contribution in [0.1, 0.15) is 10.4 Å². The predicted molar refractivity (Wildman–Crippen MR) is 51.5 cm³/mol. The number of hydrogen-bond donors (Lipinski definition) is 3. The summed E-state index contributed by atoms with van der Waals surface area (Å²) < 4.78 is 0. The van der Waals surface area contributed by atoms with Gasteiger partial charge in [-0.15, -0.1) is 0 Å². The number of H-pyrrole nitrogens is 2. The standard InChI is InChI=1S/C8H6N4O3/c9-5(13)3-1-4-6(10-2-3)12-8(15)7(14)11-4/h1-2H,(H2,9,13)(H,11,14)(H,10,12,15). The van der Waals surface area contributed by atoms with Crippen LogP contribution in [-0.2, 0) is 0 Å². The molecule has 0 aromatic carbocycles. The molecule has 0 aliphatic heterocycles. The number of pyridine rings is 1. The molecule has 0 saturated heterocycles. The quantitative estimate of drug-likeness (QED) is 0.502. The summed E-state index contributed by atoms with van der Waals surface area (Å²) in [5.41, 5.74) is 4.06. The molecular weight excluding hydrogens is 200 g/mol. The molecule has 0 spiro atoms. The van der Waals surface area contributed by atoms with Crippen molar-refractivity contribution in [3.05, 3.63) is 38.5 Å². The molecule has 0 unspecified atom stereocenters. The van der Waals surface area contributed by atoms with Crippen molar-refractivity contribution in [2.45, 2.75) is 0 Å². The Hall–Kier alpha value is -2.44. The third kappa shape index (κ3) is 1.50. The number of nitrogens with one attached hydrogen (secondary N) is 2. The van der Waals surface area contributed by atoms with Crippen molar-refractivity contribution in [2.24, 2.45) is 5.73 Å². The Balaban J connectivity index is 2.83. The van der Waals surface area contributed by atoms with Crippen LogP contribution in [0.3, 0.4) is 0 Å². The molecule has 2 aromatic rings. The number of amides is 1. The van der Waals surface area contributed by atoms with Crippen molar-refractivity contribution in [3.63, 3.8) is 0 Å². The SMILES string of the molecule is NC(=O)c1cnc2[nH]c(=O)c(=O)[nH]c2c1. The van der Waals surface area contributed by atoms with Crippen molar-refractivity contribution in [3.8, 4) is 0 Å². The van der Waals surface area contributed by atoms with Crippen LogP contribution in [0, 0.1) is 0 Å². The molecule has 0 bridgehead atoms. The zero-order valence-corrected chi connectivity index (χ0v) is 7.40. The number of fused-ring (bicyclic) bond motifs is 1. The zero-order valence-electron chi connectivity index (χ0n) is 7.40. The second-order valence-corrected chi connectivity index (χ2v) is 2.89. The third-order valence-electron chi connectivity index (χ3n) is 1.86. The fourth-order valence-corrected chi connectivity index (χ4v) is 1.14. The Bertz CT molecular complexity index is 655. The molecule has 0 fully saturated rings. The highest BCUT2D eigenvalue weighted by atomic mass is 16.2. The van der Waals surface area contributed by atoms with E-state index in [1.807, 2.05) is 0 Å². The Labute approximate surface area is 82.0 Å². The molecule has 0 radical (unpaired) electrons. The zero-order chi connectivity index (χ0) is 11.0. The topological polar surface area (TPSA) is 122 Å². The molecule has 0 aliphatic rings. The van der Waals surface area contributed by atoms with Gasteiger partial charge < -0.3 is 15.7 Å². The van der Waals surface area contributed by atoms with E-state index >= 15 is 0 Å². The summed E-state index contributed by atoms with van der Waals surface area (Å²) in [7, 11) is 0. The average Bonchev–Trinajstić information content (AvgIpc) is 2.19. The summed E-state index contributed by atoms with van der Waals surface area (Å²) in [6.07, 6.45) is 1.22. The molecule has 7 nitrogen and oxygen atoms in total. The molecule has 4 N–H and O–H groups in total. The first-order valence-electron chi connectivity index (χ1n) is 4.00. The van der Waals surface area contributed by atoms with Crippen molar-refractivity contribution >= 4 is 17.1 Å². The van der Waals surface area contributed by atoms with E-state index in [-0.39, 0.29) is 16.7 Å². The molecule has 7 heteroatoms. The van der Waals surface area contributed by atoms with E-state index in [1.165, 1.54) is 12.3 Å². The van der Waals surface area contributed by atoms with Gasteiger partial charge in [0.05, 0.1) is 11.1 Å². The van der Waals surface area contributed by atoms with E-state index < -0.39 is 17.0 Å². The molecule has 76 valence electrons. The van der Waals surface area contributed by atoms with Gasteiger partial charge in [0.25, 0.3) is 0 Å². The lowest BCUT2D eigenvalue weighted by molar-refractivity contribution is 0.1000. The van der Waals surface area contributed by atoms with Gasteiger partial charge in [-0.2, -0.15) is 0 Å². The van der Waals surface area contributed by atoms with E-state index in [9.17, 15) is 14.4 Å². The summed E-state index contributed by atoms with van der Waals surface area (Å²) in [6.45, 7) is 0. The number of carbonyl (C=O) groups excluding carboxylic acids is 1. The van der Waals surface area contributed by atoms with Crippen LogP contribution in [-0.4, -0.2) is 20.9 Å². The fraction of sp³-hybridized carbons (Fsp3) is 0. The molecule has 2 aromatic heterocycles. The lowest BCUT2D eigenvalue weighted by Gasteiger charge is -1.97. The smallest absolute Gasteiger partial charge is 0.315 e. The fourth-order valence-electron chi connectivity index (χ4n) is 1.14. The second-order valence-electron chi connectivity index (χ2n) is 2.89. The number of nitrogens with zero attached hydrogens (tertiary/aromatic N) is 1. The Morgan fingerprint density at radius 3 is 2.60 bits per heavy atom. The monoisotopic (exact) mass is 206 g/mol. The van der Waals surface area contributed by atoms with Crippen LogP contribution in [0.15, 0.2) is 21.9 Å². The van der Waals surface area contributed by atoms with Gasteiger partial charge in [0.1, 0.15) is 0 Å². The van der Waals surface area contributed by atoms with Gasteiger partial charge in [0.2, 0.25) is 5.91 Å². The Morgan fingerprint density at radius 2 is 1.93 bits per heavy atom. The molecule has 15 heavy (non-hydrogen) atoms. The van der Waals surface area contributed by atoms with Gasteiger partial charge in [-0.25, -0.2) is 4.98 Å². The molecule has 1 amide bonds. The van der Waals surface area contributed by atoms with Gasteiger partial charge >= 0.3 is 11.1 Å². The molecular formula is C8H6N4O3. The second kappa shape index (κ2) is 3.05. The van der Waals surface area contributed by atoms with Crippen LogP contribution >= 0.6 is 0 Å². The minimum absolute atomic E-state index is 0.158. The number of primary amides is 1. The number of hydrogen-bond acceptors (Lipinski definition) is 4. The number of aromatic nitrogens is 3. The van der Waals surface area contributed by atoms with E-state index in [0.717, 1.165) is 0 Å². The highest BCUT2D eigenvalue weighted by molar-refractivity contribution is 5.94. The Morgan fingerprint density at radius 1 is 1.27 bits per heavy atom. The number of aromatic amines is 2. The van der Waals surface area contributed by atoms with Crippen molar-refractivity contribution in [1.29, 1.82) is 0 Å². The maximum atomic E-state index is 11.0. The van der Waals surface area contributed by atoms with Crippen LogP contribution in [0.4, 0.5) is 0 Å². The van der Waals surface area contributed by atoms with Crippen LogP contribution in [0.5, 0.6) is 0 Å². The largest absolute Gasteiger partial charge is 0.366 e. The lowest BCUT2D eigenvalue weighted by Crippen LogP contribution is -2.29. The van der Waals surface area contributed by atoms with E-state index in [2.05, 4.69) is 15.0 Å². The van der Waals surface area contributed by atoms with Crippen molar-refractivity contribution in [1.82, 2.24) is 15.0 Å². The summed E-state index contributed by atoms with van der Waals surface area (Å²) in [5.74, 6) is -0.656. The predicted octanol–water partition coefficient (Wildman–Crippen LogP) is -1.29. The Kier molecular flexibility index (Phi) is 1.86. The summed E-state index contributed by atoms with van der Waals surface area (Å²) in [6, 6.07) is 1.35. The summed E-state index contributed by atoms with van der Waals surface area (Å²) in [5, 5.41) is 0. The van der Waals surface area contributed by atoms with Gasteiger partial charge in [-0.3, -0.25) is 14.4 Å². The van der Waals surface area contributed by atoms with Crippen molar-refractivity contribution < 1.29 is 4.79 Å². The van der Waals surface area contributed by atoms with Gasteiger partial charge in [0, 0.05) is 6.20 Å². The molecule has 0 aliphatic carbocycles. The highest BCUT2D eigenvalue weighted by Gasteiger charge is 2.04. The first-order chi connectivity index (χ1) is 7.08. The number of carbonyl (C=O) groups is 1. The maximum Gasteiger partial charge on any atom is 0.315 e. The highest BCUT2D eigenvalue weighted by Crippen LogP contribution is 2.04. The molecule has 2 heterocycles. The van der Waals surface area contributed by atoms with Gasteiger partial charge in [0.15, 0.2) is 5.65 Å². The van der Waals surface area contributed by atoms with E-state index in [4.69, 9.17) is 5.73 Å². The number of nitrogens with two attached hydrogens (primary N) is 1. The van der Waals surface area contributed by atoms with Crippen LogP contribution in [0.2, 0.25) is 0 Å². The van der Waals surface area contributed by atoms with Crippen LogP contribution in [0.25, 0.3) is 11.2 Å². The minimum Gasteiger partial charge on any atom is -0.366 e. The first-order valence-corrected chi connectivity index (χ1v) is 4.00. The summed E-state index contributed by atoms with van der Waals surface area (Å²) in [4.78, 5) is 41.0. The normalized spacial score (nSPS) is 10.4. The third-order valence-corrected chi connectivity index (χ3v) is 1.86. The van der Waals surface area contributed by atoms with Gasteiger partial charge in [-0.1, -0.05) is 0 Å². The molecule has 2 rings (SSSR count). The van der Waals surface area contributed by atoms with E-state index in [1.54, 1.807) is 0 Å². The van der Waals surface area contributed by atoms with Crippen LogP contribution < -0.4 is 16.9 Å². The lowest BCUT2D eigenvalue weighted by atomic mass is 10.2. The maximum absolute atomic E-state index is 11.0. The number of rotatable bonds is 1.